The average molecular weight is 332 g/mol. The number of rotatable bonds is 5. The van der Waals surface area contributed by atoms with Crippen LogP contribution in [0.25, 0.3) is 5.69 Å². The van der Waals surface area contributed by atoms with Crippen LogP contribution >= 0.6 is 11.3 Å². The van der Waals surface area contributed by atoms with E-state index in [4.69, 9.17) is 0 Å². The predicted molar refractivity (Wildman–Crippen MR) is 90.3 cm³/mol. The molecule has 3 aromatic rings. The second kappa shape index (κ2) is 5.98. The maximum Gasteiger partial charge on any atom is 0.271 e. The number of aryl methyl sites for hydroxylation is 1. The summed E-state index contributed by atoms with van der Waals surface area (Å²) >= 11 is 1.31. The Kier molecular flexibility index (Phi) is 4.04. The Hall–Kier alpha value is -2.05. The number of nitrogens with one attached hydrogen (secondary N) is 1. The van der Waals surface area contributed by atoms with Crippen LogP contribution in [0.5, 0.6) is 0 Å². The van der Waals surface area contributed by atoms with Crippen LogP contribution in [0.2, 0.25) is 0 Å². The predicted octanol–water partition coefficient (Wildman–Crippen LogP) is 3.90. The van der Waals surface area contributed by atoms with Gasteiger partial charge < -0.3 is 4.57 Å². The van der Waals surface area contributed by atoms with Crippen molar-refractivity contribution in [2.45, 2.75) is 17.6 Å². The Labute approximate surface area is 134 Å². The lowest BCUT2D eigenvalue weighted by Crippen LogP contribution is -2.11. The molecular formula is C16H16N2O2S2. The third kappa shape index (κ3) is 3.08. The molecule has 0 aliphatic heterocycles. The van der Waals surface area contributed by atoms with Crippen LogP contribution in [0.1, 0.15) is 11.8 Å². The van der Waals surface area contributed by atoms with E-state index < -0.39 is 10.0 Å². The van der Waals surface area contributed by atoms with Crippen LogP contribution in [0.3, 0.4) is 0 Å². The van der Waals surface area contributed by atoms with Crippen LogP contribution in [0.4, 0.5) is 5.69 Å². The minimum Gasteiger partial charge on any atom is -0.324 e. The molecule has 4 nitrogen and oxygen atoms in total. The van der Waals surface area contributed by atoms with E-state index in [1.54, 1.807) is 12.1 Å². The third-order valence-corrected chi connectivity index (χ3v) is 6.35. The van der Waals surface area contributed by atoms with Gasteiger partial charge in [-0.05, 0) is 48.9 Å². The molecule has 0 fully saturated rings. The van der Waals surface area contributed by atoms with E-state index >= 15 is 0 Å². The lowest BCUT2D eigenvalue weighted by atomic mass is 10.3. The van der Waals surface area contributed by atoms with Crippen molar-refractivity contribution in [3.63, 3.8) is 0 Å². The van der Waals surface area contributed by atoms with Gasteiger partial charge in [-0.3, -0.25) is 4.72 Å². The van der Waals surface area contributed by atoms with Gasteiger partial charge in [-0.1, -0.05) is 13.0 Å². The van der Waals surface area contributed by atoms with E-state index in [1.807, 2.05) is 60.3 Å². The number of anilines is 1. The lowest BCUT2D eigenvalue weighted by molar-refractivity contribution is 0.603. The molecule has 0 saturated carbocycles. The molecule has 22 heavy (non-hydrogen) atoms. The molecule has 0 aliphatic carbocycles. The summed E-state index contributed by atoms with van der Waals surface area (Å²) in [5.74, 6) is 0. The molecule has 0 unspecified atom stereocenters. The molecule has 2 aromatic heterocycles. The normalized spacial score (nSPS) is 11.5. The fourth-order valence-corrected chi connectivity index (χ4v) is 4.48. The minimum absolute atomic E-state index is 0.343. The fourth-order valence-electron chi connectivity index (χ4n) is 2.13. The van der Waals surface area contributed by atoms with Crippen LogP contribution in [-0.2, 0) is 16.4 Å². The van der Waals surface area contributed by atoms with Crippen molar-refractivity contribution in [3.8, 4) is 5.69 Å². The van der Waals surface area contributed by atoms with E-state index in [2.05, 4.69) is 4.72 Å². The Morgan fingerprint density at radius 1 is 1.09 bits per heavy atom. The molecular weight excluding hydrogens is 316 g/mol. The quantitative estimate of drug-likeness (QED) is 0.770. The zero-order valence-corrected chi connectivity index (χ0v) is 13.7. The van der Waals surface area contributed by atoms with Crippen molar-refractivity contribution in [2.75, 3.05) is 4.72 Å². The van der Waals surface area contributed by atoms with Gasteiger partial charge in [0, 0.05) is 23.0 Å². The van der Waals surface area contributed by atoms with E-state index in [0.29, 0.717) is 9.90 Å². The molecule has 0 radical (unpaired) electrons. The zero-order valence-electron chi connectivity index (χ0n) is 12.1. The van der Waals surface area contributed by atoms with Gasteiger partial charge in [-0.15, -0.1) is 11.3 Å². The van der Waals surface area contributed by atoms with Crippen LogP contribution < -0.4 is 4.72 Å². The first kappa shape index (κ1) is 14.9. The summed E-state index contributed by atoms with van der Waals surface area (Å²) in [7, 11) is -3.53. The van der Waals surface area contributed by atoms with Crippen molar-refractivity contribution in [2.24, 2.45) is 0 Å². The zero-order chi connectivity index (χ0) is 15.6. The Balaban J connectivity index is 1.88. The number of hydrogen-bond acceptors (Lipinski definition) is 3. The van der Waals surface area contributed by atoms with Gasteiger partial charge in [0.25, 0.3) is 10.0 Å². The highest BCUT2D eigenvalue weighted by Gasteiger charge is 2.16. The summed E-state index contributed by atoms with van der Waals surface area (Å²) in [4.78, 5) is 1.06. The second-order valence-corrected chi connectivity index (χ2v) is 7.90. The summed E-state index contributed by atoms with van der Waals surface area (Å²) in [6.07, 6.45) is 4.67. The lowest BCUT2D eigenvalue weighted by Gasteiger charge is -2.09. The summed E-state index contributed by atoms with van der Waals surface area (Å²) in [5, 5.41) is 0. The Morgan fingerprint density at radius 2 is 1.86 bits per heavy atom. The summed E-state index contributed by atoms with van der Waals surface area (Å²) in [5.41, 5.74) is 1.46. The maximum absolute atomic E-state index is 12.4. The van der Waals surface area contributed by atoms with Crippen molar-refractivity contribution in [3.05, 3.63) is 65.8 Å². The first-order valence-electron chi connectivity index (χ1n) is 6.93. The number of aromatic nitrogens is 1. The molecule has 0 bridgehead atoms. The molecule has 0 amide bonds. The van der Waals surface area contributed by atoms with Crippen molar-refractivity contribution >= 4 is 27.0 Å². The van der Waals surface area contributed by atoms with E-state index in [1.165, 1.54) is 11.3 Å². The molecule has 0 spiro atoms. The summed E-state index contributed by atoms with van der Waals surface area (Å²) in [6.45, 7) is 2.01. The molecule has 0 aliphatic rings. The topological polar surface area (TPSA) is 51.1 Å². The maximum atomic E-state index is 12.4. The molecule has 3 rings (SSSR count). The molecule has 1 aromatic carbocycles. The smallest absolute Gasteiger partial charge is 0.271 e. The molecule has 6 heteroatoms. The third-order valence-electron chi connectivity index (χ3n) is 3.25. The second-order valence-electron chi connectivity index (χ2n) is 4.82. The first-order chi connectivity index (χ1) is 10.6. The van der Waals surface area contributed by atoms with Crippen molar-refractivity contribution < 1.29 is 8.42 Å². The summed E-state index contributed by atoms with van der Waals surface area (Å²) < 4.78 is 29.8. The standard InChI is InChI=1S/C16H16N2O2S2/c1-2-15-8-9-16(21-15)22(19,20)17-13-6-5-7-14(12-13)18-10-3-4-11-18/h3-12,17H,2H2,1H3. The average Bonchev–Trinajstić information content (AvgIpc) is 3.19. The van der Waals surface area contributed by atoms with Crippen molar-refractivity contribution in [1.82, 2.24) is 4.57 Å². The summed E-state index contributed by atoms with van der Waals surface area (Å²) in [6, 6.07) is 14.7. The molecule has 0 atom stereocenters. The van der Waals surface area contributed by atoms with E-state index in [0.717, 1.165) is 17.0 Å². The molecule has 114 valence electrons. The van der Waals surface area contributed by atoms with Gasteiger partial charge in [0.1, 0.15) is 4.21 Å². The van der Waals surface area contributed by atoms with Crippen LogP contribution in [0.15, 0.2) is 65.1 Å². The first-order valence-corrected chi connectivity index (χ1v) is 9.23. The largest absolute Gasteiger partial charge is 0.324 e. The minimum atomic E-state index is -3.53. The fraction of sp³-hybridized carbons (Fsp3) is 0.125. The van der Waals surface area contributed by atoms with Gasteiger partial charge in [0.2, 0.25) is 0 Å². The molecule has 2 heterocycles. The Morgan fingerprint density at radius 3 is 2.55 bits per heavy atom. The molecule has 1 N–H and O–H groups in total. The van der Waals surface area contributed by atoms with Gasteiger partial charge >= 0.3 is 0 Å². The number of hydrogen-bond donors (Lipinski definition) is 1. The van der Waals surface area contributed by atoms with Crippen LogP contribution in [0, 0.1) is 0 Å². The highest BCUT2D eigenvalue weighted by atomic mass is 32.2. The van der Waals surface area contributed by atoms with Crippen LogP contribution in [-0.4, -0.2) is 13.0 Å². The number of nitrogens with zero attached hydrogens (tertiary/aromatic N) is 1. The van der Waals surface area contributed by atoms with Crippen molar-refractivity contribution in [1.29, 1.82) is 0 Å². The Bertz CT molecular complexity index is 865. The number of thiophene rings is 1. The van der Waals surface area contributed by atoms with E-state index in [-0.39, 0.29) is 0 Å². The van der Waals surface area contributed by atoms with Gasteiger partial charge in [-0.25, -0.2) is 8.42 Å². The van der Waals surface area contributed by atoms with E-state index in [9.17, 15) is 8.42 Å². The highest BCUT2D eigenvalue weighted by Crippen LogP contribution is 2.25. The SMILES string of the molecule is CCc1ccc(S(=O)(=O)Nc2cccc(-n3cccc3)c2)s1. The monoisotopic (exact) mass is 332 g/mol. The highest BCUT2D eigenvalue weighted by molar-refractivity contribution is 7.94. The number of sulfonamides is 1. The van der Waals surface area contributed by atoms with Gasteiger partial charge in [0.05, 0.1) is 5.69 Å². The molecule has 0 saturated heterocycles. The van der Waals surface area contributed by atoms with Gasteiger partial charge in [0.15, 0.2) is 0 Å². The van der Waals surface area contributed by atoms with Gasteiger partial charge in [-0.2, -0.15) is 0 Å². The number of benzene rings is 1.